The van der Waals surface area contributed by atoms with Gasteiger partial charge < -0.3 is 9.84 Å². The van der Waals surface area contributed by atoms with Gasteiger partial charge in [0.25, 0.3) is 0 Å². The van der Waals surface area contributed by atoms with E-state index in [2.05, 4.69) is 13.8 Å². The monoisotopic (exact) mass is 428 g/mol. The smallest absolute Gasteiger partial charge is 0.314 e. The van der Waals surface area contributed by atoms with Gasteiger partial charge in [-0.05, 0) is 74.9 Å². The number of allylic oxidation sites excluding steroid dienone is 6. The van der Waals surface area contributed by atoms with Crippen molar-refractivity contribution in [2.75, 3.05) is 7.11 Å². The Labute approximate surface area is 185 Å². The van der Waals surface area contributed by atoms with E-state index >= 15 is 0 Å². The molecule has 3 aliphatic carbocycles. The Bertz CT molecular complexity index is 880. The van der Waals surface area contributed by atoms with Gasteiger partial charge in [0.2, 0.25) is 0 Å². The minimum atomic E-state index is -0.954. The number of Topliss-reactive ketones (excluding diaryl/α,β-unsaturated/α-hetero) is 1. The fourth-order valence-electron chi connectivity index (χ4n) is 7.23. The highest BCUT2D eigenvalue weighted by molar-refractivity contribution is 6.01. The van der Waals surface area contributed by atoms with E-state index in [4.69, 9.17) is 4.74 Å². The highest BCUT2D eigenvalue weighted by atomic mass is 16.5. The predicted molar refractivity (Wildman–Crippen MR) is 119 cm³/mol. The van der Waals surface area contributed by atoms with Crippen LogP contribution in [0.5, 0.6) is 0 Å². The molecule has 0 radical (unpaired) electrons. The standard InChI is InChI=1S/C26H36O5/c1-16(15-27)8-7-9-17(2)22-18(28)14-20-24(3)13-11-21(29)26(5,23(30)31-6)19(24)10-12-25(20,22)4/h7-9,15,19-21,29H,10-14H2,1-6H3/b9-7+,16-8+,22-17-/t19-,20+,21-,24+,25+,26-/m1/s1. The average molecular weight is 429 g/mol. The van der Waals surface area contributed by atoms with Gasteiger partial charge in [0.1, 0.15) is 6.29 Å². The molecule has 0 saturated heterocycles. The molecule has 0 aromatic heterocycles. The number of methoxy groups -OCH3 is 1. The van der Waals surface area contributed by atoms with Crippen molar-refractivity contribution in [3.8, 4) is 0 Å². The molecule has 5 nitrogen and oxygen atoms in total. The first-order chi connectivity index (χ1) is 14.5. The fraction of sp³-hybridized carbons (Fsp3) is 0.654. The molecule has 0 unspecified atom stereocenters. The van der Waals surface area contributed by atoms with Crippen molar-refractivity contribution < 1.29 is 24.2 Å². The van der Waals surface area contributed by atoms with Crippen LogP contribution in [-0.2, 0) is 19.1 Å². The van der Waals surface area contributed by atoms with Gasteiger partial charge in [0.15, 0.2) is 5.78 Å². The van der Waals surface area contributed by atoms with Crippen LogP contribution in [0, 0.1) is 28.1 Å². The van der Waals surface area contributed by atoms with Crippen LogP contribution >= 0.6 is 0 Å². The summed E-state index contributed by atoms with van der Waals surface area (Å²) in [4.78, 5) is 36.9. The number of carbonyl (C=O) groups is 3. The molecule has 0 aliphatic heterocycles. The third kappa shape index (κ3) is 3.45. The minimum absolute atomic E-state index is 0.0320. The van der Waals surface area contributed by atoms with Gasteiger partial charge in [-0.15, -0.1) is 0 Å². The molecule has 0 bridgehead atoms. The zero-order valence-corrected chi connectivity index (χ0v) is 19.7. The molecule has 0 amide bonds. The normalized spacial score (nSPS) is 42.2. The van der Waals surface area contributed by atoms with E-state index in [1.807, 2.05) is 26.0 Å². The predicted octanol–water partition coefficient (Wildman–Crippen LogP) is 4.35. The fourth-order valence-corrected chi connectivity index (χ4v) is 7.23. The van der Waals surface area contributed by atoms with Crippen LogP contribution in [-0.4, -0.2) is 36.4 Å². The van der Waals surface area contributed by atoms with E-state index < -0.39 is 11.5 Å². The molecule has 0 aromatic carbocycles. The summed E-state index contributed by atoms with van der Waals surface area (Å²) in [7, 11) is 1.38. The Balaban J connectivity index is 2.04. The molecule has 3 saturated carbocycles. The lowest BCUT2D eigenvalue weighted by molar-refractivity contribution is -0.196. The van der Waals surface area contributed by atoms with Crippen LogP contribution in [0.25, 0.3) is 0 Å². The Kier molecular flexibility index (Phi) is 6.22. The van der Waals surface area contributed by atoms with Crippen molar-refractivity contribution in [1.29, 1.82) is 0 Å². The van der Waals surface area contributed by atoms with E-state index in [1.54, 1.807) is 13.0 Å². The van der Waals surface area contributed by atoms with E-state index in [1.165, 1.54) is 7.11 Å². The number of aldehydes is 1. The summed E-state index contributed by atoms with van der Waals surface area (Å²) >= 11 is 0. The lowest BCUT2D eigenvalue weighted by atomic mass is 9.42. The molecule has 1 N–H and O–H groups in total. The number of esters is 1. The van der Waals surface area contributed by atoms with E-state index in [9.17, 15) is 19.5 Å². The Morgan fingerprint density at radius 3 is 2.42 bits per heavy atom. The molecule has 3 aliphatic rings. The van der Waals surface area contributed by atoms with Crippen LogP contribution in [0.3, 0.4) is 0 Å². The third-order valence-electron chi connectivity index (χ3n) is 8.84. The maximum Gasteiger partial charge on any atom is 0.314 e. The van der Waals surface area contributed by atoms with Gasteiger partial charge in [0.05, 0.1) is 18.6 Å². The quantitative estimate of drug-likeness (QED) is 0.312. The van der Waals surface area contributed by atoms with Crippen LogP contribution in [0.4, 0.5) is 0 Å². The first kappa shape index (κ1) is 23.6. The highest BCUT2D eigenvalue weighted by Gasteiger charge is 2.67. The zero-order valence-electron chi connectivity index (χ0n) is 19.7. The number of ketones is 1. The molecular formula is C26H36O5. The number of ether oxygens (including phenoxy) is 1. The molecule has 0 heterocycles. The SMILES string of the molecule is COC(=O)[C@@]1(C)[C@H](O)CC[C@@]2(C)[C@H]1CC[C@]1(C)\C(=C(C)/C=C/C=C(\C)C=O)C(=O)C[C@@H]21. The Morgan fingerprint density at radius 1 is 1.13 bits per heavy atom. The number of rotatable bonds is 4. The number of hydrogen-bond acceptors (Lipinski definition) is 5. The van der Waals surface area contributed by atoms with E-state index in [0.29, 0.717) is 18.4 Å². The van der Waals surface area contributed by atoms with E-state index in [0.717, 1.165) is 36.7 Å². The Hall–Kier alpha value is -2.01. The first-order valence-corrected chi connectivity index (χ1v) is 11.3. The molecule has 3 fully saturated rings. The van der Waals surface area contributed by atoms with Crippen molar-refractivity contribution in [2.45, 2.75) is 72.8 Å². The maximum atomic E-state index is 13.3. The third-order valence-corrected chi connectivity index (χ3v) is 8.84. The Morgan fingerprint density at radius 2 is 1.81 bits per heavy atom. The van der Waals surface area contributed by atoms with Crippen LogP contribution in [0.1, 0.15) is 66.7 Å². The van der Waals surface area contributed by atoms with Crippen LogP contribution < -0.4 is 0 Å². The molecular weight excluding hydrogens is 392 g/mol. The van der Waals surface area contributed by atoms with Crippen LogP contribution in [0.15, 0.2) is 34.9 Å². The molecule has 0 aromatic rings. The molecule has 170 valence electrons. The summed E-state index contributed by atoms with van der Waals surface area (Å²) in [5.74, 6) is -0.0849. The summed E-state index contributed by atoms with van der Waals surface area (Å²) in [6.07, 6.45) is 8.95. The minimum Gasteiger partial charge on any atom is -0.469 e. The molecule has 31 heavy (non-hydrogen) atoms. The molecule has 3 rings (SSSR count). The molecule has 6 atom stereocenters. The van der Waals surface area contributed by atoms with Gasteiger partial charge in [-0.1, -0.05) is 32.1 Å². The number of fused-ring (bicyclic) bond motifs is 3. The second-order valence-electron chi connectivity index (χ2n) is 10.5. The first-order valence-electron chi connectivity index (χ1n) is 11.3. The lowest BCUT2D eigenvalue weighted by Crippen LogP contribution is -2.61. The topological polar surface area (TPSA) is 80.7 Å². The van der Waals surface area contributed by atoms with Crippen molar-refractivity contribution in [3.63, 3.8) is 0 Å². The lowest BCUT2D eigenvalue weighted by Gasteiger charge is -2.61. The van der Waals surface area contributed by atoms with Gasteiger partial charge in [-0.25, -0.2) is 0 Å². The zero-order chi connectivity index (χ0) is 23.2. The van der Waals surface area contributed by atoms with Gasteiger partial charge in [-0.3, -0.25) is 14.4 Å². The van der Waals surface area contributed by atoms with E-state index in [-0.39, 0.29) is 34.4 Å². The van der Waals surface area contributed by atoms with Crippen molar-refractivity contribution >= 4 is 18.0 Å². The summed E-state index contributed by atoms with van der Waals surface area (Å²) in [6.45, 7) is 9.97. The molecule has 0 spiro atoms. The largest absolute Gasteiger partial charge is 0.469 e. The number of hydrogen-bond donors (Lipinski definition) is 1. The number of carbonyl (C=O) groups excluding carboxylic acids is 3. The number of aliphatic hydroxyl groups is 1. The van der Waals surface area contributed by atoms with Crippen molar-refractivity contribution in [3.05, 3.63) is 34.9 Å². The van der Waals surface area contributed by atoms with Gasteiger partial charge in [-0.2, -0.15) is 0 Å². The maximum absolute atomic E-state index is 13.3. The van der Waals surface area contributed by atoms with Gasteiger partial charge >= 0.3 is 5.97 Å². The second kappa shape index (κ2) is 8.16. The average Bonchev–Trinajstić information content (AvgIpc) is 3.01. The summed E-state index contributed by atoms with van der Waals surface area (Å²) in [6, 6.07) is 0. The second-order valence-corrected chi connectivity index (χ2v) is 10.5. The summed E-state index contributed by atoms with van der Waals surface area (Å²) < 4.78 is 5.13. The van der Waals surface area contributed by atoms with Crippen LogP contribution in [0.2, 0.25) is 0 Å². The van der Waals surface area contributed by atoms with Crippen molar-refractivity contribution in [1.82, 2.24) is 0 Å². The number of aliphatic hydroxyl groups excluding tert-OH is 1. The summed E-state index contributed by atoms with van der Waals surface area (Å²) in [5, 5.41) is 10.8. The highest BCUT2D eigenvalue weighted by Crippen LogP contribution is 2.69. The van der Waals surface area contributed by atoms with Gasteiger partial charge in [0, 0.05) is 17.4 Å². The van der Waals surface area contributed by atoms with Crippen molar-refractivity contribution in [2.24, 2.45) is 28.1 Å². The summed E-state index contributed by atoms with van der Waals surface area (Å²) in [5.41, 5.74) is 1.01. The molecule has 5 heteroatoms.